The molecule has 0 aliphatic heterocycles. The molecule has 2 heterocycles. The minimum absolute atomic E-state index is 0.0274. The lowest BCUT2D eigenvalue weighted by Gasteiger charge is -2.34. The summed E-state index contributed by atoms with van der Waals surface area (Å²) in [5.41, 5.74) is 8.38. The van der Waals surface area contributed by atoms with E-state index in [-0.39, 0.29) is 23.9 Å². The highest BCUT2D eigenvalue weighted by molar-refractivity contribution is 5.95. The lowest BCUT2D eigenvalue weighted by atomic mass is 9.70. The minimum Gasteiger partial charge on any atom is -0.455 e. The maximum atomic E-state index is 12.2. The highest BCUT2D eigenvalue weighted by atomic mass is 16.5. The van der Waals surface area contributed by atoms with Crippen molar-refractivity contribution in [3.8, 4) is 0 Å². The zero-order valence-corrected chi connectivity index (χ0v) is 19.9. The minimum atomic E-state index is -0.420. The summed E-state index contributed by atoms with van der Waals surface area (Å²) < 4.78 is 6.98. The quantitative estimate of drug-likeness (QED) is 0.549. The molecule has 0 aromatic carbocycles. The molecule has 2 fully saturated rings. The Morgan fingerprint density at radius 1 is 1.28 bits per heavy atom. The third kappa shape index (κ3) is 3.69. The molecule has 8 nitrogen and oxygen atoms in total. The standard InChI is InChI=1S/C24H33N5O3/c1-14-11-20-25-15(2)18(16(3)29(20)28-14)7-8-22(31)32-13-21(30)27-26-19-12-17-9-10-24(19,6)23(17,4)5/h11,17H,7-10,12-13H2,1-6H3,(H,27,30)/b26-19+. The van der Waals surface area contributed by atoms with Crippen molar-refractivity contribution in [2.45, 2.75) is 73.6 Å². The van der Waals surface area contributed by atoms with Gasteiger partial charge in [0.1, 0.15) is 0 Å². The highest BCUT2D eigenvalue weighted by Crippen LogP contribution is 2.63. The fourth-order valence-electron chi connectivity index (χ4n) is 5.51. The number of amides is 1. The molecule has 172 valence electrons. The number of rotatable bonds is 6. The molecule has 1 amide bonds. The first kappa shape index (κ1) is 22.4. The van der Waals surface area contributed by atoms with Gasteiger partial charge in [0.15, 0.2) is 12.3 Å². The molecule has 2 unspecified atom stereocenters. The summed E-state index contributed by atoms with van der Waals surface area (Å²) in [5, 5.41) is 8.86. The van der Waals surface area contributed by atoms with Crippen LogP contribution in [0.2, 0.25) is 0 Å². The van der Waals surface area contributed by atoms with Crippen molar-refractivity contribution in [1.82, 2.24) is 20.0 Å². The van der Waals surface area contributed by atoms with Gasteiger partial charge < -0.3 is 4.74 Å². The number of carbonyl (C=O) groups is 2. The largest absolute Gasteiger partial charge is 0.455 e. The van der Waals surface area contributed by atoms with Gasteiger partial charge in [0.2, 0.25) is 0 Å². The van der Waals surface area contributed by atoms with E-state index in [1.54, 1.807) is 4.52 Å². The van der Waals surface area contributed by atoms with Crippen LogP contribution in [0.4, 0.5) is 0 Å². The summed E-state index contributed by atoms with van der Waals surface area (Å²) >= 11 is 0. The molecule has 4 rings (SSSR count). The maximum Gasteiger partial charge on any atom is 0.306 e. The van der Waals surface area contributed by atoms with Crippen LogP contribution in [0.1, 0.15) is 69.1 Å². The van der Waals surface area contributed by atoms with Gasteiger partial charge in [0.25, 0.3) is 5.91 Å². The van der Waals surface area contributed by atoms with Crippen LogP contribution in [0.15, 0.2) is 11.2 Å². The molecule has 2 aliphatic carbocycles. The number of aryl methyl sites for hydroxylation is 3. The fourth-order valence-corrected chi connectivity index (χ4v) is 5.51. The number of aromatic nitrogens is 3. The Morgan fingerprint density at radius 3 is 2.69 bits per heavy atom. The van der Waals surface area contributed by atoms with E-state index in [0.29, 0.717) is 12.3 Å². The Labute approximate surface area is 188 Å². The molecule has 2 saturated carbocycles. The van der Waals surface area contributed by atoms with E-state index in [2.05, 4.69) is 41.4 Å². The Hall–Kier alpha value is -2.77. The predicted octanol–water partition coefficient (Wildman–Crippen LogP) is 3.45. The summed E-state index contributed by atoms with van der Waals surface area (Å²) in [7, 11) is 0. The Kier molecular flexibility index (Phi) is 5.59. The molecule has 0 spiro atoms. The summed E-state index contributed by atoms with van der Waals surface area (Å²) in [6.45, 7) is 12.3. The maximum absolute atomic E-state index is 12.2. The number of hydrazone groups is 1. The molecular formula is C24H33N5O3. The first-order valence-corrected chi connectivity index (χ1v) is 11.4. The van der Waals surface area contributed by atoms with Crippen LogP contribution in [0.25, 0.3) is 5.65 Å². The van der Waals surface area contributed by atoms with Crippen molar-refractivity contribution < 1.29 is 14.3 Å². The molecular weight excluding hydrogens is 406 g/mol. The molecule has 1 N–H and O–H groups in total. The molecule has 0 radical (unpaired) electrons. The Balaban J connectivity index is 1.29. The number of nitrogens with one attached hydrogen (secondary N) is 1. The van der Waals surface area contributed by atoms with E-state index in [9.17, 15) is 9.59 Å². The summed E-state index contributed by atoms with van der Waals surface area (Å²) in [6.07, 6.45) is 3.90. The van der Waals surface area contributed by atoms with Crippen LogP contribution in [0.3, 0.4) is 0 Å². The Morgan fingerprint density at radius 2 is 2.03 bits per heavy atom. The molecule has 0 saturated heterocycles. The van der Waals surface area contributed by atoms with E-state index >= 15 is 0 Å². The highest BCUT2D eigenvalue weighted by Gasteiger charge is 2.60. The number of hydrogen-bond acceptors (Lipinski definition) is 6. The molecule has 2 aliphatic rings. The van der Waals surface area contributed by atoms with E-state index < -0.39 is 11.9 Å². The van der Waals surface area contributed by atoms with Crippen molar-refractivity contribution in [2.75, 3.05) is 6.61 Å². The second-order valence-electron chi connectivity index (χ2n) is 10.1. The van der Waals surface area contributed by atoms with Gasteiger partial charge in [-0.1, -0.05) is 20.8 Å². The average Bonchev–Trinajstić information content (AvgIpc) is 3.27. The van der Waals surface area contributed by atoms with Gasteiger partial charge >= 0.3 is 5.97 Å². The van der Waals surface area contributed by atoms with Crippen molar-refractivity contribution in [1.29, 1.82) is 0 Å². The van der Waals surface area contributed by atoms with E-state index in [1.165, 1.54) is 6.42 Å². The molecule has 2 atom stereocenters. The van der Waals surface area contributed by atoms with Gasteiger partial charge in [-0.05, 0) is 63.4 Å². The first-order valence-electron chi connectivity index (χ1n) is 11.4. The van der Waals surface area contributed by atoms with E-state index in [1.807, 2.05) is 26.8 Å². The van der Waals surface area contributed by atoms with Gasteiger partial charge in [-0.2, -0.15) is 10.2 Å². The number of hydrogen-bond donors (Lipinski definition) is 1. The fraction of sp³-hybridized carbons (Fsp3) is 0.625. The van der Waals surface area contributed by atoms with Crippen LogP contribution in [0.5, 0.6) is 0 Å². The number of carbonyl (C=O) groups excluding carboxylic acids is 2. The summed E-state index contributed by atoms with van der Waals surface area (Å²) in [5.74, 6) is -0.207. The van der Waals surface area contributed by atoms with Crippen LogP contribution in [-0.4, -0.2) is 38.8 Å². The van der Waals surface area contributed by atoms with Crippen molar-refractivity contribution in [3.63, 3.8) is 0 Å². The molecule has 32 heavy (non-hydrogen) atoms. The van der Waals surface area contributed by atoms with Crippen molar-refractivity contribution >= 4 is 23.2 Å². The normalized spacial score (nSPS) is 24.9. The van der Waals surface area contributed by atoms with Crippen molar-refractivity contribution in [3.05, 3.63) is 28.7 Å². The van der Waals surface area contributed by atoms with Crippen LogP contribution < -0.4 is 5.43 Å². The predicted molar refractivity (Wildman–Crippen MR) is 121 cm³/mol. The van der Waals surface area contributed by atoms with Gasteiger partial charge in [-0.3, -0.25) is 9.59 Å². The van der Waals surface area contributed by atoms with E-state index in [4.69, 9.17) is 4.74 Å². The molecule has 2 bridgehead atoms. The first-order chi connectivity index (χ1) is 15.0. The molecule has 2 aromatic rings. The monoisotopic (exact) mass is 439 g/mol. The lowest BCUT2D eigenvalue weighted by molar-refractivity contribution is -0.148. The van der Waals surface area contributed by atoms with Crippen LogP contribution >= 0.6 is 0 Å². The second-order valence-corrected chi connectivity index (χ2v) is 10.1. The number of ether oxygens (including phenoxy) is 1. The third-order valence-corrected chi connectivity index (χ3v) is 8.06. The van der Waals surface area contributed by atoms with Gasteiger partial charge in [-0.25, -0.2) is 14.9 Å². The van der Waals surface area contributed by atoms with Crippen molar-refractivity contribution in [2.24, 2.45) is 21.8 Å². The average molecular weight is 440 g/mol. The smallest absolute Gasteiger partial charge is 0.306 e. The topological polar surface area (TPSA) is 97.9 Å². The summed E-state index contributed by atoms with van der Waals surface area (Å²) in [6, 6.07) is 1.93. The zero-order chi connectivity index (χ0) is 23.3. The number of esters is 1. The SMILES string of the molecule is Cc1cc2nc(C)c(CCC(=O)OCC(=O)N/N=C3\CC4CCC3(C)C4(C)C)c(C)n2n1. The van der Waals surface area contributed by atoms with Gasteiger partial charge in [-0.15, -0.1) is 0 Å². The summed E-state index contributed by atoms with van der Waals surface area (Å²) in [4.78, 5) is 29.0. The van der Waals surface area contributed by atoms with E-state index in [0.717, 1.165) is 46.8 Å². The third-order valence-electron chi connectivity index (χ3n) is 8.06. The molecule has 2 aromatic heterocycles. The van der Waals surface area contributed by atoms with Gasteiger partial charge in [0.05, 0.1) is 5.69 Å². The number of fused-ring (bicyclic) bond motifs is 3. The van der Waals surface area contributed by atoms with Crippen LogP contribution in [-0.2, 0) is 20.7 Å². The second kappa shape index (κ2) is 7.98. The lowest BCUT2D eigenvalue weighted by Crippen LogP contribution is -2.34. The zero-order valence-electron chi connectivity index (χ0n) is 19.9. The van der Waals surface area contributed by atoms with Crippen LogP contribution in [0, 0.1) is 37.5 Å². The Bertz CT molecular complexity index is 1120. The molecule has 8 heteroatoms. The number of nitrogens with zero attached hydrogens (tertiary/aromatic N) is 4. The van der Waals surface area contributed by atoms with Gasteiger partial charge in [0, 0.05) is 35.0 Å².